The lowest BCUT2D eigenvalue weighted by atomic mass is 9.97. The van der Waals surface area contributed by atoms with Gasteiger partial charge in [0.05, 0.1) is 28.8 Å². The van der Waals surface area contributed by atoms with E-state index in [4.69, 9.17) is 27.9 Å². The highest BCUT2D eigenvalue weighted by molar-refractivity contribution is 6.38. The van der Waals surface area contributed by atoms with E-state index in [2.05, 4.69) is 20.4 Å². The topological polar surface area (TPSA) is 104 Å². The zero-order valence-electron chi connectivity index (χ0n) is 16.1. The number of rotatable bonds is 4. The second-order valence-electron chi connectivity index (χ2n) is 7.26. The summed E-state index contributed by atoms with van der Waals surface area (Å²) >= 11 is 12.9. The fourth-order valence-electron chi connectivity index (χ4n) is 3.56. The van der Waals surface area contributed by atoms with Gasteiger partial charge >= 0.3 is 0 Å². The summed E-state index contributed by atoms with van der Waals surface area (Å²) in [5.41, 5.74) is 2.80. The minimum absolute atomic E-state index is 0.0835. The number of hydrogen-bond donors (Lipinski definition) is 2. The molecular weight excluding hydrogens is 417 g/mol. The van der Waals surface area contributed by atoms with Crippen molar-refractivity contribution in [2.75, 3.05) is 6.54 Å². The Kier molecular flexibility index (Phi) is 5.00. The van der Waals surface area contributed by atoms with Gasteiger partial charge in [0.15, 0.2) is 0 Å². The van der Waals surface area contributed by atoms with Crippen molar-refractivity contribution in [3.63, 3.8) is 0 Å². The maximum absolute atomic E-state index is 13.3. The highest BCUT2D eigenvalue weighted by Crippen LogP contribution is 2.39. The van der Waals surface area contributed by atoms with E-state index in [1.807, 2.05) is 13.8 Å². The van der Waals surface area contributed by atoms with Gasteiger partial charge in [-0.1, -0.05) is 28.4 Å². The molecule has 0 unspecified atom stereocenters. The predicted molar refractivity (Wildman–Crippen MR) is 110 cm³/mol. The maximum Gasteiger partial charge on any atom is 0.256 e. The Hall–Kier alpha value is -2.58. The zero-order valence-corrected chi connectivity index (χ0v) is 17.6. The molecule has 2 N–H and O–H groups in total. The van der Waals surface area contributed by atoms with Crippen molar-refractivity contribution < 1.29 is 9.53 Å². The van der Waals surface area contributed by atoms with E-state index >= 15 is 0 Å². The fourth-order valence-corrected chi connectivity index (χ4v) is 4.14. The Bertz CT molecular complexity index is 1180. The standard InChI is InChI=1S/C19H19Cl2N5O3/c1-8(2)29-13-6-12(20)10-4-5-26(19(28)14(10)15(13)21)7-11-17-16(23-25-24-17)9(3)22-18(11)27/h6,8H,4-5,7H2,1-3H3,(H,22,27)(H,23,24,25). The van der Waals surface area contributed by atoms with Crippen LogP contribution in [0.1, 0.15) is 41.0 Å². The number of carbonyl (C=O) groups is 1. The largest absolute Gasteiger partial charge is 0.489 e. The van der Waals surface area contributed by atoms with Crippen LogP contribution in [0.3, 0.4) is 0 Å². The Balaban J connectivity index is 1.74. The molecule has 4 rings (SSSR count). The zero-order chi connectivity index (χ0) is 20.9. The van der Waals surface area contributed by atoms with Crippen LogP contribution in [0.25, 0.3) is 11.0 Å². The van der Waals surface area contributed by atoms with E-state index in [0.717, 1.165) is 0 Å². The molecule has 152 valence electrons. The lowest BCUT2D eigenvalue weighted by Crippen LogP contribution is -2.39. The van der Waals surface area contributed by atoms with Crippen LogP contribution < -0.4 is 10.3 Å². The first kappa shape index (κ1) is 19.7. The number of nitrogens with one attached hydrogen (secondary N) is 2. The summed E-state index contributed by atoms with van der Waals surface area (Å²) in [7, 11) is 0. The number of carbonyl (C=O) groups excluding carboxylic acids is 1. The number of aromatic amines is 2. The lowest BCUT2D eigenvalue weighted by Gasteiger charge is -2.30. The molecule has 3 heterocycles. The number of fused-ring (bicyclic) bond motifs is 2. The van der Waals surface area contributed by atoms with Crippen LogP contribution in [0.2, 0.25) is 10.0 Å². The molecule has 0 atom stereocenters. The first-order valence-electron chi connectivity index (χ1n) is 9.17. The first-order chi connectivity index (χ1) is 13.8. The molecule has 0 radical (unpaired) electrons. The minimum atomic E-state index is -0.302. The number of ether oxygens (including phenoxy) is 1. The molecule has 0 bridgehead atoms. The van der Waals surface area contributed by atoms with Crippen LogP contribution in [-0.4, -0.2) is 43.9 Å². The van der Waals surface area contributed by atoms with Crippen LogP contribution in [-0.2, 0) is 13.0 Å². The monoisotopic (exact) mass is 435 g/mol. The number of aryl methyl sites for hydroxylation is 1. The van der Waals surface area contributed by atoms with Crippen molar-refractivity contribution >= 4 is 40.1 Å². The molecule has 1 aromatic carbocycles. The summed E-state index contributed by atoms with van der Waals surface area (Å²) in [5, 5.41) is 11.3. The smallest absolute Gasteiger partial charge is 0.256 e. The highest BCUT2D eigenvalue weighted by atomic mass is 35.5. The number of hydrogen-bond acceptors (Lipinski definition) is 5. The first-order valence-corrected chi connectivity index (χ1v) is 9.92. The predicted octanol–water partition coefficient (Wildman–Crippen LogP) is 3.25. The average molecular weight is 436 g/mol. The molecule has 0 fully saturated rings. The van der Waals surface area contributed by atoms with Crippen LogP contribution in [0.5, 0.6) is 5.75 Å². The SMILES string of the molecule is Cc1[nH]c(=O)c(CN2CCc3c(Cl)cc(OC(C)C)c(Cl)c3C2=O)c2nn[nH]c12. The van der Waals surface area contributed by atoms with E-state index in [0.29, 0.717) is 57.2 Å². The highest BCUT2D eigenvalue weighted by Gasteiger charge is 2.32. The Labute approximate surface area is 176 Å². The molecule has 1 amide bonds. The van der Waals surface area contributed by atoms with Crippen LogP contribution >= 0.6 is 23.2 Å². The molecule has 0 saturated carbocycles. The quantitative estimate of drug-likeness (QED) is 0.654. The van der Waals surface area contributed by atoms with Gasteiger partial charge in [0, 0.05) is 23.3 Å². The number of benzene rings is 1. The number of nitrogens with zero attached hydrogens (tertiary/aromatic N) is 3. The minimum Gasteiger partial charge on any atom is -0.489 e. The number of pyridine rings is 1. The van der Waals surface area contributed by atoms with E-state index in [9.17, 15) is 9.59 Å². The Morgan fingerprint density at radius 1 is 1.31 bits per heavy atom. The van der Waals surface area contributed by atoms with E-state index in [1.54, 1.807) is 17.9 Å². The third-order valence-electron chi connectivity index (χ3n) is 4.91. The van der Waals surface area contributed by atoms with Crippen LogP contribution in [0.4, 0.5) is 0 Å². The van der Waals surface area contributed by atoms with Crippen molar-refractivity contribution in [1.29, 1.82) is 0 Å². The molecule has 3 aromatic rings. The Morgan fingerprint density at radius 2 is 2.07 bits per heavy atom. The fraction of sp³-hybridized carbons (Fsp3) is 0.368. The van der Waals surface area contributed by atoms with Gasteiger partial charge in [-0.15, -0.1) is 5.10 Å². The summed E-state index contributed by atoms with van der Waals surface area (Å²) in [6, 6.07) is 1.65. The molecule has 0 saturated heterocycles. The lowest BCUT2D eigenvalue weighted by molar-refractivity contribution is 0.0726. The molecule has 0 spiro atoms. The van der Waals surface area contributed by atoms with E-state index < -0.39 is 0 Å². The molecule has 10 heteroatoms. The molecule has 1 aliphatic rings. The second-order valence-corrected chi connectivity index (χ2v) is 8.05. The van der Waals surface area contributed by atoms with Gasteiger partial charge in [-0.2, -0.15) is 0 Å². The summed E-state index contributed by atoms with van der Waals surface area (Å²) in [4.78, 5) is 30.1. The third kappa shape index (κ3) is 3.36. The van der Waals surface area contributed by atoms with Crippen LogP contribution in [0.15, 0.2) is 10.9 Å². The number of aromatic nitrogens is 4. The number of halogens is 2. The summed E-state index contributed by atoms with van der Waals surface area (Å²) in [6.07, 6.45) is 0.399. The van der Waals surface area contributed by atoms with Crippen molar-refractivity contribution in [2.45, 2.75) is 39.8 Å². The van der Waals surface area contributed by atoms with Gasteiger partial charge in [0.25, 0.3) is 11.5 Å². The van der Waals surface area contributed by atoms with Crippen molar-refractivity contribution in [2.24, 2.45) is 0 Å². The molecule has 2 aromatic heterocycles. The normalized spacial score (nSPS) is 14.0. The molecular formula is C19H19Cl2N5O3. The summed E-state index contributed by atoms with van der Waals surface area (Å²) in [6.45, 7) is 5.97. The van der Waals surface area contributed by atoms with Gasteiger partial charge < -0.3 is 14.6 Å². The molecule has 0 aliphatic carbocycles. The Morgan fingerprint density at radius 3 is 2.79 bits per heavy atom. The van der Waals surface area contributed by atoms with Gasteiger partial charge in [0.2, 0.25) is 0 Å². The summed E-state index contributed by atoms with van der Waals surface area (Å²) < 4.78 is 5.71. The van der Waals surface area contributed by atoms with Crippen molar-refractivity contribution in [1.82, 2.24) is 25.3 Å². The van der Waals surface area contributed by atoms with E-state index in [-0.39, 0.29) is 29.1 Å². The number of H-pyrrole nitrogens is 2. The molecule has 29 heavy (non-hydrogen) atoms. The second kappa shape index (κ2) is 7.35. The van der Waals surface area contributed by atoms with Crippen molar-refractivity contribution in [3.05, 3.63) is 48.8 Å². The van der Waals surface area contributed by atoms with Crippen LogP contribution in [0, 0.1) is 6.92 Å². The molecule has 8 nitrogen and oxygen atoms in total. The van der Waals surface area contributed by atoms with Gasteiger partial charge in [0.1, 0.15) is 16.8 Å². The maximum atomic E-state index is 13.3. The average Bonchev–Trinajstić information content (AvgIpc) is 3.14. The van der Waals surface area contributed by atoms with E-state index in [1.165, 1.54) is 0 Å². The molecule has 1 aliphatic heterocycles. The third-order valence-corrected chi connectivity index (χ3v) is 5.63. The van der Waals surface area contributed by atoms with Crippen molar-refractivity contribution in [3.8, 4) is 5.75 Å². The van der Waals surface area contributed by atoms with Gasteiger partial charge in [-0.25, -0.2) is 0 Å². The summed E-state index contributed by atoms with van der Waals surface area (Å²) in [5.74, 6) is 0.0664. The number of amides is 1. The van der Waals surface area contributed by atoms with Gasteiger partial charge in [-0.05, 0) is 32.8 Å². The van der Waals surface area contributed by atoms with Gasteiger partial charge in [-0.3, -0.25) is 14.7 Å².